The number of alkyl halides is 3. The van der Waals surface area contributed by atoms with Gasteiger partial charge < -0.3 is 10.4 Å². The van der Waals surface area contributed by atoms with E-state index < -0.39 is 32.8 Å². The SMILES string of the molecule is Cc1ccc(-c2ccc(S(=O)(=O)N(C)CC(O)CNC(C)(C)CC3Cc4ccccc4C3)c(C(F)(F)F)c2)cc1Cl. The number of halogens is 4. The van der Waals surface area contributed by atoms with Crippen molar-refractivity contribution in [2.75, 3.05) is 20.1 Å². The number of nitrogens with zero attached hydrogens (tertiary/aromatic N) is 1. The quantitative estimate of drug-likeness (QED) is 0.276. The highest BCUT2D eigenvalue weighted by atomic mass is 35.5. The number of benzene rings is 3. The molecule has 0 aromatic heterocycles. The van der Waals surface area contributed by atoms with Crippen molar-refractivity contribution in [1.29, 1.82) is 0 Å². The van der Waals surface area contributed by atoms with Gasteiger partial charge in [0, 0.05) is 30.7 Å². The zero-order valence-electron chi connectivity index (χ0n) is 23.6. The maximum absolute atomic E-state index is 14.1. The van der Waals surface area contributed by atoms with Crippen LogP contribution in [0.2, 0.25) is 5.02 Å². The molecule has 1 atom stereocenters. The van der Waals surface area contributed by atoms with Crippen LogP contribution in [0.15, 0.2) is 65.6 Å². The van der Waals surface area contributed by atoms with Gasteiger partial charge in [0.15, 0.2) is 0 Å². The van der Waals surface area contributed by atoms with Crippen molar-refractivity contribution in [3.05, 3.63) is 87.9 Å². The number of β-amino-alcohol motifs (C(OH)–C–C–N with tert-alkyl or cyclic N) is 1. The van der Waals surface area contributed by atoms with Crippen molar-refractivity contribution in [2.24, 2.45) is 5.92 Å². The number of hydrogen-bond acceptors (Lipinski definition) is 4. The molecule has 1 unspecified atom stereocenters. The Kier molecular flexibility index (Phi) is 9.26. The molecule has 0 aliphatic heterocycles. The first-order valence-corrected chi connectivity index (χ1v) is 15.3. The highest BCUT2D eigenvalue weighted by molar-refractivity contribution is 7.89. The lowest BCUT2D eigenvalue weighted by Crippen LogP contribution is -2.47. The van der Waals surface area contributed by atoms with Crippen molar-refractivity contribution >= 4 is 21.6 Å². The minimum absolute atomic E-state index is 0.0891. The molecule has 3 aromatic carbocycles. The maximum atomic E-state index is 14.1. The Bertz CT molecular complexity index is 1480. The molecule has 0 radical (unpaired) electrons. The number of rotatable bonds is 10. The lowest BCUT2D eigenvalue weighted by molar-refractivity contribution is -0.139. The molecule has 0 fully saturated rings. The second-order valence-corrected chi connectivity index (χ2v) is 14.0. The summed E-state index contributed by atoms with van der Waals surface area (Å²) < 4.78 is 69.6. The van der Waals surface area contributed by atoms with Crippen LogP contribution in [0.4, 0.5) is 13.2 Å². The summed E-state index contributed by atoms with van der Waals surface area (Å²) in [6, 6.07) is 16.4. The molecule has 0 bridgehead atoms. The predicted molar refractivity (Wildman–Crippen MR) is 156 cm³/mol. The van der Waals surface area contributed by atoms with Crippen molar-refractivity contribution in [3.63, 3.8) is 0 Å². The number of hydrogen-bond donors (Lipinski definition) is 2. The Hall–Kier alpha value is -2.43. The lowest BCUT2D eigenvalue weighted by atomic mass is 9.88. The summed E-state index contributed by atoms with van der Waals surface area (Å²) in [5, 5.41) is 14.4. The van der Waals surface area contributed by atoms with E-state index in [0.717, 1.165) is 41.3 Å². The van der Waals surface area contributed by atoms with Crippen LogP contribution >= 0.6 is 11.6 Å². The fraction of sp³-hybridized carbons (Fsp3) is 0.419. The number of aliphatic hydroxyl groups excluding tert-OH is 1. The molecule has 0 spiro atoms. The van der Waals surface area contributed by atoms with E-state index in [9.17, 15) is 26.7 Å². The maximum Gasteiger partial charge on any atom is 0.417 e. The molecular formula is C31H36ClF3N2O3S. The van der Waals surface area contributed by atoms with Crippen LogP contribution in [0, 0.1) is 12.8 Å². The number of sulfonamides is 1. The van der Waals surface area contributed by atoms with E-state index in [-0.39, 0.29) is 24.2 Å². The van der Waals surface area contributed by atoms with Crippen molar-refractivity contribution in [1.82, 2.24) is 9.62 Å². The van der Waals surface area contributed by atoms with Crippen LogP contribution < -0.4 is 5.32 Å². The summed E-state index contributed by atoms with van der Waals surface area (Å²) in [6.07, 6.45) is -3.21. The molecule has 0 amide bonds. The van der Waals surface area contributed by atoms with Crippen molar-refractivity contribution < 1.29 is 26.7 Å². The summed E-state index contributed by atoms with van der Waals surface area (Å²) in [7, 11) is -3.39. The normalized spacial score (nSPS) is 15.4. The second-order valence-electron chi connectivity index (χ2n) is 11.6. The van der Waals surface area contributed by atoms with Gasteiger partial charge in [-0.05, 0) is 92.0 Å². The molecule has 1 aliphatic rings. The van der Waals surface area contributed by atoms with Crippen LogP contribution in [0.1, 0.15) is 42.5 Å². The third kappa shape index (κ3) is 7.51. The standard InChI is InChI=1S/C31H36ClF3N2O3S/c1-20-9-10-25(16-28(20)32)24-11-12-29(27(15-24)31(33,34)35)41(39,40)37(4)19-26(38)18-36-30(2,3)17-21-13-22-7-5-6-8-23(22)14-21/h5-12,15-16,21,26,36,38H,13-14,17-19H2,1-4H3. The zero-order valence-corrected chi connectivity index (χ0v) is 25.2. The highest BCUT2D eigenvalue weighted by Crippen LogP contribution is 2.38. The number of aryl methyl sites for hydroxylation is 1. The summed E-state index contributed by atoms with van der Waals surface area (Å²) >= 11 is 6.15. The second kappa shape index (κ2) is 12.1. The van der Waals surface area contributed by atoms with Gasteiger partial charge >= 0.3 is 6.18 Å². The number of fused-ring (bicyclic) bond motifs is 1. The van der Waals surface area contributed by atoms with Crippen LogP contribution in [0.3, 0.4) is 0 Å². The van der Waals surface area contributed by atoms with Gasteiger partial charge in [-0.15, -0.1) is 0 Å². The number of likely N-dealkylation sites (N-methyl/N-ethyl adjacent to an activating group) is 1. The molecule has 0 heterocycles. The first kappa shape index (κ1) is 31.5. The molecular weight excluding hydrogens is 573 g/mol. The molecule has 3 aromatic rings. The summed E-state index contributed by atoms with van der Waals surface area (Å²) in [5.41, 5.74) is 2.51. The average Bonchev–Trinajstić information content (AvgIpc) is 3.29. The first-order valence-electron chi connectivity index (χ1n) is 13.5. The van der Waals surface area contributed by atoms with Crippen molar-refractivity contribution in [3.8, 4) is 11.1 Å². The molecule has 4 rings (SSSR count). The lowest BCUT2D eigenvalue weighted by Gasteiger charge is -2.31. The van der Waals surface area contributed by atoms with Gasteiger partial charge in [-0.25, -0.2) is 8.42 Å². The third-order valence-electron chi connectivity index (χ3n) is 7.70. The smallest absolute Gasteiger partial charge is 0.390 e. The van der Waals surface area contributed by atoms with E-state index in [1.165, 1.54) is 24.2 Å². The molecule has 2 N–H and O–H groups in total. The molecule has 0 saturated heterocycles. The van der Waals surface area contributed by atoms with E-state index in [2.05, 4.69) is 17.4 Å². The zero-order chi connectivity index (χ0) is 30.2. The van der Waals surface area contributed by atoms with Gasteiger partial charge in [0.05, 0.1) is 16.6 Å². The Morgan fingerprint density at radius 1 is 1.02 bits per heavy atom. The van der Waals surface area contributed by atoms with E-state index in [4.69, 9.17) is 11.6 Å². The molecule has 41 heavy (non-hydrogen) atoms. The van der Waals surface area contributed by atoms with E-state index in [0.29, 0.717) is 16.5 Å². The van der Waals surface area contributed by atoms with Crippen LogP contribution in [0.5, 0.6) is 0 Å². The summed E-state index contributed by atoms with van der Waals surface area (Å²) in [4.78, 5) is -0.865. The third-order valence-corrected chi connectivity index (χ3v) is 9.99. The van der Waals surface area contributed by atoms with E-state index >= 15 is 0 Å². The fourth-order valence-corrected chi connectivity index (χ4v) is 7.12. The minimum Gasteiger partial charge on any atom is -0.390 e. The molecule has 0 saturated carbocycles. The van der Waals surface area contributed by atoms with Gasteiger partial charge in [0.1, 0.15) is 0 Å². The number of aliphatic hydroxyl groups is 1. The van der Waals surface area contributed by atoms with Crippen LogP contribution in [-0.2, 0) is 29.0 Å². The molecule has 5 nitrogen and oxygen atoms in total. The summed E-state index contributed by atoms with van der Waals surface area (Å²) in [6.45, 7) is 5.56. The largest absolute Gasteiger partial charge is 0.417 e. The highest BCUT2D eigenvalue weighted by Gasteiger charge is 2.39. The average molecular weight is 609 g/mol. The van der Waals surface area contributed by atoms with E-state index in [1.807, 2.05) is 26.0 Å². The van der Waals surface area contributed by atoms with Gasteiger partial charge in [-0.2, -0.15) is 17.5 Å². The Morgan fingerprint density at radius 3 is 2.20 bits per heavy atom. The Balaban J connectivity index is 1.43. The Labute approximate surface area is 245 Å². The predicted octanol–water partition coefficient (Wildman–Crippen LogP) is 6.49. The van der Waals surface area contributed by atoms with Crippen LogP contribution in [-0.4, -0.2) is 49.6 Å². The summed E-state index contributed by atoms with van der Waals surface area (Å²) in [5.74, 6) is 0.454. The Morgan fingerprint density at radius 2 is 1.61 bits per heavy atom. The molecule has 222 valence electrons. The van der Waals surface area contributed by atoms with Gasteiger partial charge in [-0.3, -0.25) is 0 Å². The van der Waals surface area contributed by atoms with Gasteiger partial charge in [0.2, 0.25) is 10.0 Å². The first-order chi connectivity index (χ1) is 19.1. The fourth-order valence-electron chi connectivity index (χ4n) is 5.54. The van der Waals surface area contributed by atoms with Gasteiger partial charge in [-0.1, -0.05) is 54.1 Å². The van der Waals surface area contributed by atoms with Crippen LogP contribution in [0.25, 0.3) is 11.1 Å². The topological polar surface area (TPSA) is 69.6 Å². The monoisotopic (exact) mass is 608 g/mol. The molecule has 1 aliphatic carbocycles. The van der Waals surface area contributed by atoms with Crippen molar-refractivity contribution in [2.45, 2.75) is 62.7 Å². The van der Waals surface area contributed by atoms with Gasteiger partial charge in [0.25, 0.3) is 0 Å². The minimum atomic E-state index is -4.92. The molecule has 10 heteroatoms. The van der Waals surface area contributed by atoms with E-state index in [1.54, 1.807) is 25.1 Å². The number of nitrogens with one attached hydrogen (secondary N) is 1.